The van der Waals surface area contributed by atoms with E-state index < -0.39 is 0 Å². The molecule has 2 rings (SSSR count). The zero-order valence-corrected chi connectivity index (χ0v) is 10.1. The van der Waals surface area contributed by atoms with E-state index in [-0.39, 0.29) is 0 Å². The first-order valence-corrected chi connectivity index (χ1v) is 5.57. The van der Waals surface area contributed by atoms with E-state index in [4.69, 9.17) is 5.73 Å². The van der Waals surface area contributed by atoms with Crippen molar-refractivity contribution in [2.45, 2.75) is 13.0 Å². The van der Waals surface area contributed by atoms with Crippen LogP contribution in [0.15, 0.2) is 12.4 Å². The molecule has 5 heteroatoms. The van der Waals surface area contributed by atoms with E-state index in [0.717, 1.165) is 18.9 Å². The van der Waals surface area contributed by atoms with Crippen LogP contribution in [0.25, 0.3) is 0 Å². The van der Waals surface area contributed by atoms with Gasteiger partial charge < -0.3 is 15.5 Å². The highest BCUT2D eigenvalue weighted by Gasteiger charge is 2.31. The minimum absolute atomic E-state index is 0.485. The van der Waals surface area contributed by atoms with Gasteiger partial charge in [-0.05, 0) is 20.0 Å². The fourth-order valence-corrected chi connectivity index (χ4v) is 2.33. The summed E-state index contributed by atoms with van der Waals surface area (Å²) in [5, 5.41) is 0. The molecule has 2 atom stereocenters. The van der Waals surface area contributed by atoms with Gasteiger partial charge in [0.05, 0.1) is 12.4 Å². The third-order valence-electron chi connectivity index (χ3n) is 3.20. The van der Waals surface area contributed by atoms with E-state index in [1.54, 1.807) is 12.4 Å². The normalized spacial score (nSPS) is 25.4. The molecule has 88 valence electrons. The largest absolute Gasteiger partial charge is 0.382 e. The van der Waals surface area contributed by atoms with Gasteiger partial charge in [-0.25, -0.2) is 4.98 Å². The number of nitrogen functional groups attached to an aromatic ring is 1. The number of hydrogen-bond donors (Lipinski definition) is 1. The molecule has 0 amide bonds. The predicted octanol–water partition coefficient (Wildman–Crippen LogP) is 0.445. The van der Waals surface area contributed by atoms with Crippen LogP contribution in [0, 0.1) is 5.92 Å². The second-order valence-electron chi connectivity index (χ2n) is 4.72. The highest BCUT2D eigenvalue weighted by molar-refractivity contribution is 5.43. The number of nitrogens with zero attached hydrogens (tertiary/aromatic N) is 4. The molecule has 1 aromatic heterocycles. The summed E-state index contributed by atoms with van der Waals surface area (Å²) >= 11 is 0. The Bertz CT molecular complexity index is 365. The number of anilines is 2. The molecule has 0 spiro atoms. The summed E-state index contributed by atoms with van der Waals surface area (Å²) in [7, 11) is 4.24. The fraction of sp³-hybridized carbons (Fsp3) is 0.636. The zero-order chi connectivity index (χ0) is 11.7. The molecular formula is C11H19N5. The van der Waals surface area contributed by atoms with Crippen LogP contribution < -0.4 is 10.6 Å². The van der Waals surface area contributed by atoms with Gasteiger partial charge in [-0.3, -0.25) is 4.98 Å². The lowest BCUT2D eigenvalue weighted by atomic mass is 10.1. The molecule has 5 nitrogen and oxygen atoms in total. The molecule has 0 aliphatic carbocycles. The van der Waals surface area contributed by atoms with Crippen molar-refractivity contribution in [3.8, 4) is 0 Å². The van der Waals surface area contributed by atoms with Gasteiger partial charge in [-0.15, -0.1) is 0 Å². The monoisotopic (exact) mass is 221 g/mol. The Kier molecular flexibility index (Phi) is 2.96. The molecule has 2 unspecified atom stereocenters. The van der Waals surface area contributed by atoms with Gasteiger partial charge >= 0.3 is 0 Å². The van der Waals surface area contributed by atoms with Crippen LogP contribution in [0.4, 0.5) is 11.6 Å². The van der Waals surface area contributed by atoms with E-state index in [2.05, 4.69) is 40.8 Å². The van der Waals surface area contributed by atoms with Crippen LogP contribution in [-0.2, 0) is 0 Å². The van der Waals surface area contributed by atoms with Gasteiger partial charge in [0.25, 0.3) is 0 Å². The summed E-state index contributed by atoms with van der Waals surface area (Å²) in [6.45, 7) is 4.28. The van der Waals surface area contributed by atoms with Crippen molar-refractivity contribution in [2.75, 3.05) is 37.8 Å². The van der Waals surface area contributed by atoms with Crippen LogP contribution in [0.3, 0.4) is 0 Å². The van der Waals surface area contributed by atoms with Crippen molar-refractivity contribution in [1.82, 2.24) is 14.9 Å². The van der Waals surface area contributed by atoms with Crippen molar-refractivity contribution in [1.29, 1.82) is 0 Å². The van der Waals surface area contributed by atoms with Crippen molar-refractivity contribution in [3.63, 3.8) is 0 Å². The van der Waals surface area contributed by atoms with Gasteiger partial charge in [0.15, 0.2) is 0 Å². The Balaban J connectivity index is 2.13. The van der Waals surface area contributed by atoms with Gasteiger partial charge in [0, 0.05) is 19.1 Å². The van der Waals surface area contributed by atoms with E-state index in [0.29, 0.717) is 17.8 Å². The van der Waals surface area contributed by atoms with Crippen LogP contribution in [0.1, 0.15) is 6.92 Å². The molecule has 1 aromatic rings. The molecular weight excluding hydrogens is 202 g/mol. The lowest BCUT2D eigenvalue weighted by molar-refractivity contribution is 0.266. The van der Waals surface area contributed by atoms with Crippen LogP contribution in [-0.4, -0.2) is 48.1 Å². The van der Waals surface area contributed by atoms with Gasteiger partial charge in [-0.1, -0.05) is 6.92 Å². The van der Waals surface area contributed by atoms with Crippen LogP contribution in [0.2, 0.25) is 0 Å². The average Bonchev–Trinajstić information content (AvgIpc) is 2.60. The number of likely N-dealkylation sites (N-methyl/N-ethyl adjacent to an activating group) is 1. The summed E-state index contributed by atoms with van der Waals surface area (Å²) in [5.74, 6) is 2.01. The average molecular weight is 221 g/mol. The number of nitrogens with two attached hydrogens (primary N) is 1. The Morgan fingerprint density at radius 1 is 1.38 bits per heavy atom. The maximum absolute atomic E-state index is 5.64. The molecule has 16 heavy (non-hydrogen) atoms. The first kappa shape index (κ1) is 11.1. The second-order valence-corrected chi connectivity index (χ2v) is 4.72. The maximum atomic E-state index is 5.64. The van der Waals surface area contributed by atoms with Gasteiger partial charge in [0.1, 0.15) is 11.6 Å². The van der Waals surface area contributed by atoms with Crippen molar-refractivity contribution >= 4 is 11.6 Å². The van der Waals surface area contributed by atoms with Gasteiger partial charge in [-0.2, -0.15) is 0 Å². The second kappa shape index (κ2) is 4.25. The van der Waals surface area contributed by atoms with Crippen LogP contribution in [0.5, 0.6) is 0 Å². The highest BCUT2D eigenvalue weighted by Crippen LogP contribution is 2.24. The number of rotatable bonds is 2. The third-order valence-corrected chi connectivity index (χ3v) is 3.20. The summed E-state index contributed by atoms with van der Waals surface area (Å²) in [6, 6.07) is 0.572. The van der Waals surface area contributed by atoms with Crippen molar-refractivity contribution in [3.05, 3.63) is 12.4 Å². The third kappa shape index (κ3) is 2.09. The molecule has 0 bridgehead atoms. The first-order chi connectivity index (χ1) is 7.58. The van der Waals surface area contributed by atoms with E-state index >= 15 is 0 Å². The molecule has 1 aliphatic heterocycles. The summed E-state index contributed by atoms with van der Waals surface area (Å²) < 4.78 is 0. The molecule has 0 aromatic carbocycles. The minimum Gasteiger partial charge on any atom is -0.382 e. The molecule has 2 heterocycles. The fourth-order valence-electron chi connectivity index (χ4n) is 2.33. The standard InChI is InChI=1S/C11H19N5/c1-8-6-16(7-9(8)15(2)3)11-5-13-4-10(12)14-11/h4-5,8-9H,6-7H2,1-3H3,(H2,12,14). The Labute approximate surface area is 96.3 Å². The molecule has 2 N–H and O–H groups in total. The minimum atomic E-state index is 0.485. The maximum Gasteiger partial charge on any atom is 0.149 e. The highest BCUT2D eigenvalue weighted by atomic mass is 15.3. The zero-order valence-electron chi connectivity index (χ0n) is 10.1. The predicted molar refractivity (Wildman–Crippen MR) is 65.3 cm³/mol. The van der Waals surface area contributed by atoms with Crippen LogP contribution >= 0.6 is 0 Å². The van der Waals surface area contributed by atoms with Crippen molar-refractivity contribution in [2.24, 2.45) is 5.92 Å². The van der Waals surface area contributed by atoms with Crippen molar-refractivity contribution < 1.29 is 0 Å². The smallest absolute Gasteiger partial charge is 0.149 e. The first-order valence-electron chi connectivity index (χ1n) is 5.57. The molecule has 1 fully saturated rings. The lowest BCUT2D eigenvalue weighted by Gasteiger charge is -2.22. The molecule has 0 saturated carbocycles. The molecule has 1 aliphatic rings. The Hall–Kier alpha value is -1.36. The summed E-state index contributed by atoms with van der Waals surface area (Å²) in [6.07, 6.45) is 3.35. The molecule has 1 saturated heterocycles. The summed E-state index contributed by atoms with van der Waals surface area (Å²) in [5.41, 5.74) is 5.64. The summed E-state index contributed by atoms with van der Waals surface area (Å²) in [4.78, 5) is 12.9. The Morgan fingerprint density at radius 3 is 2.69 bits per heavy atom. The lowest BCUT2D eigenvalue weighted by Crippen LogP contribution is -2.34. The SMILES string of the molecule is CC1CN(c2cncc(N)n2)CC1N(C)C. The Morgan fingerprint density at radius 2 is 2.12 bits per heavy atom. The topological polar surface area (TPSA) is 58.3 Å². The number of aromatic nitrogens is 2. The quantitative estimate of drug-likeness (QED) is 0.785. The van der Waals surface area contributed by atoms with E-state index in [1.165, 1.54) is 0 Å². The number of hydrogen-bond acceptors (Lipinski definition) is 5. The van der Waals surface area contributed by atoms with E-state index in [1.807, 2.05) is 0 Å². The van der Waals surface area contributed by atoms with E-state index in [9.17, 15) is 0 Å². The molecule has 0 radical (unpaired) electrons. The van der Waals surface area contributed by atoms with Gasteiger partial charge in [0.2, 0.25) is 0 Å².